The van der Waals surface area contributed by atoms with Gasteiger partial charge in [-0.05, 0) is 28.1 Å². The minimum Gasteiger partial charge on any atom is -0.464 e. The quantitative estimate of drug-likeness (QED) is 0.650. The number of furan rings is 1. The molecule has 0 aromatic carbocycles. The van der Waals surface area contributed by atoms with E-state index in [0.717, 1.165) is 4.47 Å². The van der Waals surface area contributed by atoms with Crippen molar-refractivity contribution in [3.63, 3.8) is 0 Å². The van der Waals surface area contributed by atoms with Gasteiger partial charge in [0.2, 0.25) is 0 Å². The third-order valence-electron chi connectivity index (χ3n) is 0.954. The minimum atomic E-state index is 0.668. The summed E-state index contributed by atoms with van der Waals surface area (Å²) < 4.78 is 5.84. The van der Waals surface area contributed by atoms with Gasteiger partial charge in [0.25, 0.3) is 0 Å². The largest absolute Gasteiger partial charge is 0.464 e. The first-order valence-electron chi connectivity index (χ1n) is 2.64. The highest BCUT2D eigenvalue weighted by atomic mass is 79.9. The van der Waals surface area contributed by atoms with E-state index in [4.69, 9.17) is 9.68 Å². The topological polar surface area (TPSA) is 36.9 Å². The Morgan fingerprint density at radius 2 is 2.50 bits per heavy atom. The summed E-state index contributed by atoms with van der Waals surface area (Å²) in [5.74, 6) is 0.668. The molecular formula is C7H4BrNO. The molecule has 1 rings (SSSR count). The van der Waals surface area contributed by atoms with Gasteiger partial charge in [0.1, 0.15) is 5.76 Å². The number of nitrogens with zero attached hydrogens (tertiary/aromatic N) is 1. The van der Waals surface area contributed by atoms with Crippen LogP contribution in [0.15, 0.2) is 27.3 Å². The van der Waals surface area contributed by atoms with Crippen LogP contribution in [0, 0.1) is 11.3 Å². The third-order valence-corrected chi connectivity index (χ3v) is 1.61. The number of hydrogen-bond acceptors (Lipinski definition) is 2. The Hall–Kier alpha value is -1.01. The molecule has 0 N–H and O–H groups in total. The van der Waals surface area contributed by atoms with E-state index in [0.29, 0.717) is 5.76 Å². The lowest BCUT2D eigenvalue weighted by molar-refractivity contribution is 0.555. The summed E-state index contributed by atoms with van der Waals surface area (Å²) in [4.78, 5) is 0. The fraction of sp³-hybridized carbons (Fsp3) is 0. The Bertz CT molecular complexity index is 282. The van der Waals surface area contributed by atoms with Gasteiger partial charge in [-0.1, -0.05) is 0 Å². The molecule has 0 bridgehead atoms. The molecule has 0 aliphatic rings. The second-order valence-electron chi connectivity index (χ2n) is 1.60. The summed E-state index contributed by atoms with van der Waals surface area (Å²) >= 11 is 3.24. The van der Waals surface area contributed by atoms with Crippen LogP contribution < -0.4 is 0 Å². The summed E-state index contributed by atoms with van der Waals surface area (Å²) in [7, 11) is 0. The predicted octanol–water partition coefficient (Wildman–Crippen LogP) is 2.58. The van der Waals surface area contributed by atoms with Gasteiger partial charge in [0.05, 0.1) is 16.8 Å². The molecule has 0 unspecified atom stereocenters. The molecule has 10 heavy (non-hydrogen) atoms. The molecule has 0 saturated carbocycles. The maximum Gasteiger partial charge on any atom is 0.141 e. The highest BCUT2D eigenvalue weighted by molar-refractivity contribution is 9.10. The smallest absolute Gasteiger partial charge is 0.141 e. The summed E-state index contributed by atoms with van der Waals surface area (Å²) in [6.45, 7) is 0. The van der Waals surface area contributed by atoms with Crippen molar-refractivity contribution in [1.29, 1.82) is 5.26 Å². The lowest BCUT2D eigenvalue weighted by atomic mass is 10.4. The van der Waals surface area contributed by atoms with Crippen molar-refractivity contribution in [3.8, 4) is 6.07 Å². The Balaban J connectivity index is 2.87. The van der Waals surface area contributed by atoms with Crippen LogP contribution in [0.5, 0.6) is 0 Å². The average Bonchev–Trinajstić information content (AvgIpc) is 2.31. The maximum atomic E-state index is 8.16. The average molecular weight is 198 g/mol. The first-order chi connectivity index (χ1) is 4.84. The fourth-order valence-electron chi connectivity index (χ4n) is 0.537. The van der Waals surface area contributed by atoms with Gasteiger partial charge >= 0.3 is 0 Å². The zero-order valence-electron chi connectivity index (χ0n) is 5.04. The van der Waals surface area contributed by atoms with Crippen LogP contribution in [0.25, 0.3) is 6.08 Å². The second-order valence-corrected chi connectivity index (χ2v) is 2.45. The van der Waals surface area contributed by atoms with Crippen molar-refractivity contribution in [2.75, 3.05) is 0 Å². The van der Waals surface area contributed by atoms with Crippen LogP contribution in [-0.2, 0) is 0 Å². The van der Waals surface area contributed by atoms with E-state index in [-0.39, 0.29) is 0 Å². The SMILES string of the molecule is N#CC=Cc1occc1Br. The number of rotatable bonds is 1. The van der Waals surface area contributed by atoms with E-state index >= 15 is 0 Å². The van der Waals surface area contributed by atoms with Crippen LogP contribution in [-0.4, -0.2) is 0 Å². The zero-order valence-corrected chi connectivity index (χ0v) is 6.63. The van der Waals surface area contributed by atoms with Crippen LogP contribution in [0.2, 0.25) is 0 Å². The molecule has 1 aromatic rings. The van der Waals surface area contributed by atoms with Gasteiger partial charge in [-0.3, -0.25) is 0 Å². The van der Waals surface area contributed by atoms with Crippen molar-refractivity contribution in [2.24, 2.45) is 0 Å². The fourth-order valence-corrected chi connectivity index (χ4v) is 0.871. The van der Waals surface area contributed by atoms with Crippen molar-refractivity contribution in [3.05, 3.63) is 28.6 Å². The molecule has 0 aliphatic heterocycles. The molecule has 50 valence electrons. The van der Waals surface area contributed by atoms with Crippen molar-refractivity contribution >= 4 is 22.0 Å². The lowest BCUT2D eigenvalue weighted by Crippen LogP contribution is -1.61. The molecule has 0 radical (unpaired) electrons. The summed E-state index contributed by atoms with van der Waals surface area (Å²) in [6.07, 6.45) is 4.52. The molecular weight excluding hydrogens is 194 g/mol. The molecule has 0 aliphatic carbocycles. The number of halogens is 1. The summed E-state index contributed by atoms with van der Waals surface area (Å²) in [5, 5.41) is 8.16. The van der Waals surface area contributed by atoms with E-state index in [1.165, 1.54) is 6.08 Å². The van der Waals surface area contributed by atoms with E-state index in [2.05, 4.69) is 15.9 Å². The Morgan fingerprint density at radius 3 is 3.00 bits per heavy atom. The van der Waals surface area contributed by atoms with Gasteiger partial charge in [-0.15, -0.1) is 0 Å². The molecule has 0 saturated heterocycles. The zero-order chi connectivity index (χ0) is 7.40. The van der Waals surface area contributed by atoms with E-state index in [1.54, 1.807) is 18.4 Å². The monoisotopic (exact) mass is 197 g/mol. The summed E-state index contributed by atoms with van der Waals surface area (Å²) in [5.41, 5.74) is 0. The van der Waals surface area contributed by atoms with Crippen molar-refractivity contribution in [1.82, 2.24) is 0 Å². The Kier molecular flexibility index (Phi) is 2.30. The molecule has 0 spiro atoms. The highest BCUT2D eigenvalue weighted by Crippen LogP contribution is 2.18. The van der Waals surface area contributed by atoms with Crippen LogP contribution >= 0.6 is 15.9 Å². The molecule has 0 atom stereocenters. The van der Waals surface area contributed by atoms with Gasteiger partial charge in [0, 0.05) is 6.08 Å². The molecule has 1 aromatic heterocycles. The van der Waals surface area contributed by atoms with Crippen LogP contribution in [0.4, 0.5) is 0 Å². The standard InChI is InChI=1S/C7H4BrNO/c8-6-3-5-10-7(6)2-1-4-9/h1-3,5H. The molecule has 0 fully saturated rings. The molecule has 3 heteroatoms. The van der Waals surface area contributed by atoms with Gasteiger partial charge in [0.15, 0.2) is 0 Å². The maximum absolute atomic E-state index is 8.16. The number of hydrogen-bond donors (Lipinski definition) is 0. The summed E-state index contributed by atoms with van der Waals surface area (Å²) in [6, 6.07) is 3.65. The van der Waals surface area contributed by atoms with Gasteiger partial charge < -0.3 is 4.42 Å². The van der Waals surface area contributed by atoms with Crippen molar-refractivity contribution in [2.45, 2.75) is 0 Å². The second kappa shape index (κ2) is 3.23. The number of nitriles is 1. The Morgan fingerprint density at radius 1 is 1.70 bits per heavy atom. The van der Waals surface area contributed by atoms with E-state index in [9.17, 15) is 0 Å². The van der Waals surface area contributed by atoms with Crippen LogP contribution in [0.1, 0.15) is 5.76 Å². The highest BCUT2D eigenvalue weighted by Gasteiger charge is 1.95. The van der Waals surface area contributed by atoms with E-state index in [1.807, 2.05) is 6.07 Å². The first kappa shape index (κ1) is 7.10. The molecule has 2 nitrogen and oxygen atoms in total. The van der Waals surface area contributed by atoms with Gasteiger partial charge in [-0.2, -0.15) is 5.26 Å². The van der Waals surface area contributed by atoms with Crippen molar-refractivity contribution < 1.29 is 4.42 Å². The van der Waals surface area contributed by atoms with Gasteiger partial charge in [-0.25, -0.2) is 0 Å². The normalized spacial score (nSPS) is 10.0. The Labute approximate surface area is 66.9 Å². The number of allylic oxidation sites excluding steroid dienone is 1. The van der Waals surface area contributed by atoms with E-state index < -0.39 is 0 Å². The van der Waals surface area contributed by atoms with Crippen LogP contribution in [0.3, 0.4) is 0 Å². The molecule has 0 amide bonds. The lowest BCUT2D eigenvalue weighted by Gasteiger charge is -1.81. The molecule has 1 heterocycles. The predicted molar refractivity (Wildman–Crippen MR) is 41.1 cm³/mol. The third kappa shape index (κ3) is 1.49. The minimum absolute atomic E-state index is 0.668. The first-order valence-corrected chi connectivity index (χ1v) is 3.43.